The van der Waals surface area contributed by atoms with Gasteiger partial charge in [0.2, 0.25) is 0 Å². The van der Waals surface area contributed by atoms with E-state index in [-0.39, 0.29) is 6.54 Å². The van der Waals surface area contributed by atoms with Crippen LogP contribution in [0.1, 0.15) is 51.9 Å². The summed E-state index contributed by atoms with van der Waals surface area (Å²) in [6.07, 6.45) is 2.92. The lowest BCUT2D eigenvalue weighted by molar-refractivity contribution is -0.113. The molecule has 0 fully saturated rings. The standard InChI is InChI=1S/C17H38N2O5/c1-2-3-4-5-6-7-9-18-10-8-11-19-12-14(21)16(23)17(24)15(22)13-20/h14-24H,2-13H2,1H3/t14-,15+,16+,17+/m0/s1. The van der Waals surface area contributed by atoms with Gasteiger partial charge in [-0.3, -0.25) is 0 Å². The van der Waals surface area contributed by atoms with Gasteiger partial charge in [0.25, 0.3) is 0 Å². The van der Waals surface area contributed by atoms with Crippen molar-refractivity contribution in [2.75, 3.05) is 32.8 Å². The van der Waals surface area contributed by atoms with Gasteiger partial charge in [0.1, 0.15) is 18.3 Å². The van der Waals surface area contributed by atoms with E-state index in [4.69, 9.17) is 5.11 Å². The number of aliphatic hydroxyl groups excluding tert-OH is 5. The lowest BCUT2D eigenvalue weighted by Gasteiger charge is -2.25. The molecule has 0 spiro atoms. The second-order valence-corrected chi connectivity index (χ2v) is 6.37. The third kappa shape index (κ3) is 12.1. The van der Waals surface area contributed by atoms with E-state index in [0.29, 0.717) is 6.54 Å². The quantitative estimate of drug-likeness (QED) is 0.174. The fourth-order valence-electron chi connectivity index (χ4n) is 2.43. The van der Waals surface area contributed by atoms with Gasteiger partial charge in [-0.05, 0) is 32.5 Å². The maximum absolute atomic E-state index is 9.71. The van der Waals surface area contributed by atoms with Crippen molar-refractivity contribution >= 4 is 0 Å². The second-order valence-electron chi connectivity index (χ2n) is 6.37. The Morgan fingerprint density at radius 3 is 1.88 bits per heavy atom. The first-order valence-electron chi connectivity index (χ1n) is 9.29. The maximum Gasteiger partial charge on any atom is 0.111 e. The monoisotopic (exact) mass is 350 g/mol. The van der Waals surface area contributed by atoms with Crippen LogP contribution in [0.15, 0.2) is 0 Å². The minimum atomic E-state index is -1.56. The predicted molar refractivity (Wildman–Crippen MR) is 94.8 cm³/mol. The normalized spacial score (nSPS) is 16.8. The van der Waals surface area contributed by atoms with Crippen molar-refractivity contribution in [3.63, 3.8) is 0 Å². The van der Waals surface area contributed by atoms with E-state index in [1.54, 1.807) is 0 Å². The van der Waals surface area contributed by atoms with E-state index >= 15 is 0 Å². The van der Waals surface area contributed by atoms with E-state index in [2.05, 4.69) is 17.6 Å². The zero-order valence-electron chi connectivity index (χ0n) is 15.0. The Kier molecular flexibility index (Phi) is 16.0. The van der Waals surface area contributed by atoms with Crippen molar-refractivity contribution < 1.29 is 25.5 Å². The van der Waals surface area contributed by atoms with Gasteiger partial charge in [-0.2, -0.15) is 0 Å². The van der Waals surface area contributed by atoms with Crippen LogP contribution in [-0.2, 0) is 0 Å². The summed E-state index contributed by atoms with van der Waals surface area (Å²) in [5.41, 5.74) is 0. The lowest BCUT2D eigenvalue weighted by Crippen LogP contribution is -2.49. The molecule has 0 amide bonds. The lowest BCUT2D eigenvalue weighted by atomic mass is 10.0. The molecule has 0 aromatic rings. The van der Waals surface area contributed by atoms with E-state index in [1.165, 1.54) is 38.5 Å². The molecule has 7 heteroatoms. The van der Waals surface area contributed by atoms with Gasteiger partial charge in [-0.1, -0.05) is 39.0 Å². The zero-order valence-corrected chi connectivity index (χ0v) is 15.0. The molecule has 0 bridgehead atoms. The molecule has 0 unspecified atom stereocenters. The first-order chi connectivity index (χ1) is 11.5. The van der Waals surface area contributed by atoms with Crippen LogP contribution in [0.25, 0.3) is 0 Å². The Hall–Kier alpha value is -0.280. The van der Waals surface area contributed by atoms with Crippen LogP contribution in [0.5, 0.6) is 0 Å². The first kappa shape index (κ1) is 23.7. The summed E-state index contributed by atoms with van der Waals surface area (Å²) in [5.74, 6) is 0. The largest absolute Gasteiger partial charge is 0.394 e. The molecule has 0 rings (SSSR count). The Bertz CT molecular complexity index is 271. The summed E-state index contributed by atoms with van der Waals surface area (Å²) in [4.78, 5) is 0. The molecular weight excluding hydrogens is 312 g/mol. The average molecular weight is 351 g/mol. The fraction of sp³-hybridized carbons (Fsp3) is 1.00. The minimum Gasteiger partial charge on any atom is -0.394 e. The van der Waals surface area contributed by atoms with Gasteiger partial charge in [-0.15, -0.1) is 0 Å². The molecule has 0 aliphatic carbocycles. The molecule has 0 saturated heterocycles. The number of unbranched alkanes of at least 4 members (excludes halogenated alkanes) is 5. The molecule has 0 aliphatic rings. The number of rotatable bonds is 17. The molecule has 7 N–H and O–H groups in total. The summed E-state index contributed by atoms with van der Waals surface area (Å²) in [6.45, 7) is 4.28. The molecule has 4 atom stereocenters. The summed E-state index contributed by atoms with van der Waals surface area (Å²) in [6, 6.07) is 0. The Morgan fingerprint density at radius 2 is 1.21 bits per heavy atom. The van der Waals surface area contributed by atoms with Crippen LogP contribution < -0.4 is 10.6 Å². The van der Waals surface area contributed by atoms with Crippen LogP contribution in [-0.4, -0.2) is 82.7 Å². The highest BCUT2D eigenvalue weighted by Gasteiger charge is 2.29. The van der Waals surface area contributed by atoms with Gasteiger partial charge in [0.15, 0.2) is 0 Å². The van der Waals surface area contributed by atoms with Crippen LogP contribution in [0, 0.1) is 0 Å². The van der Waals surface area contributed by atoms with Gasteiger partial charge >= 0.3 is 0 Å². The highest BCUT2D eigenvalue weighted by molar-refractivity contribution is 4.81. The predicted octanol–water partition coefficient (Wildman–Crippen LogP) is -0.648. The minimum absolute atomic E-state index is 0.119. The smallest absolute Gasteiger partial charge is 0.111 e. The number of hydrogen-bond acceptors (Lipinski definition) is 7. The van der Waals surface area contributed by atoms with E-state index in [0.717, 1.165) is 19.5 Å². The number of aliphatic hydroxyl groups is 5. The molecule has 0 saturated carbocycles. The molecular formula is C17H38N2O5. The van der Waals surface area contributed by atoms with E-state index < -0.39 is 31.0 Å². The molecule has 7 nitrogen and oxygen atoms in total. The van der Waals surface area contributed by atoms with Crippen LogP contribution >= 0.6 is 0 Å². The average Bonchev–Trinajstić information content (AvgIpc) is 2.60. The number of nitrogens with one attached hydrogen (secondary N) is 2. The molecule has 0 heterocycles. The Balaban J connectivity index is 3.43. The van der Waals surface area contributed by atoms with Crippen molar-refractivity contribution in [2.45, 2.75) is 76.3 Å². The van der Waals surface area contributed by atoms with Crippen LogP contribution in [0.2, 0.25) is 0 Å². The molecule has 0 radical (unpaired) electrons. The summed E-state index contributed by atoms with van der Waals surface area (Å²) in [5, 5.41) is 53.1. The van der Waals surface area contributed by atoms with Crippen molar-refractivity contribution in [3.8, 4) is 0 Å². The van der Waals surface area contributed by atoms with Crippen molar-refractivity contribution in [1.82, 2.24) is 10.6 Å². The highest BCUT2D eigenvalue weighted by atomic mass is 16.4. The summed E-state index contributed by atoms with van der Waals surface area (Å²) >= 11 is 0. The Labute approximate surface area is 146 Å². The molecule has 0 aliphatic heterocycles. The van der Waals surface area contributed by atoms with Crippen LogP contribution in [0.4, 0.5) is 0 Å². The summed E-state index contributed by atoms with van der Waals surface area (Å²) < 4.78 is 0. The number of hydrogen-bond donors (Lipinski definition) is 7. The second kappa shape index (κ2) is 16.2. The Morgan fingerprint density at radius 1 is 0.667 bits per heavy atom. The topological polar surface area (TPSA) is 125 Å². The molecule has 0 aromatic carbocycles. The van der Waals surface area contributed by atoms with Crippen molar-refractivity contribution in [1.29, 1.82) is 0 Å². The fourth-order valence-corrected chi connectivity index (χ4v) is 2.43. The van der Waals surface area contributed by atoms with E-state index in [9.17, 15) is 20.4 Å². The van der Waals surface area contributed by atoms with Gasteiger partial charge in [0.05, 0.1) is 12.7 Å². The van der Waals surface area contributed by atoms with Crippen molar-refractivity contribution in [2.24, 2.45) is 0 Å². The van der Waals surface area contributed by atoms with Crippen molar-refractivity contribution in [3.05, 3.63) is 0 Å². The third-order valence-electron chi connectivity index (χ3n) is 4.09. The first-order valence-corrected chi connectivity index (χ1v) is 9.29. The van der Waals surface area contributed by atoms with E-state index in [1.807, 2.05) is 0 Å². The molecule has 24 heavy (non-hydrogen) atoms. The SMILES string of the molecule is CCCCCCCCNCCCNC[C@H](O)[C@@H](O)[C@H](O)[C@H](O)CO. The summed E-state index contributed by atoms with van der Waals surface area (Å²) in [7, 11) is 0. The maximum atomic E-state index is 9.71. The third-order valence-corrected chi connectivity index (χ3v) is 4.09. The van der Waals surface area contributed by atoms with Gasteiger partial charge in [-0.25, -0.2) is 0 Å². The molecule has 146 valence electrons. The van der Waals surface area contributed by atoms with Crippen LogP contribution in [0.3, 0.4) is 0 Å². The molecule has 0 aromatic heterocycles. The zero-order chi connectivity index (χ0) is 18.2. The van der Waals surface area contributed by atoms with Gasteiger partial charge < -0.3 is 36.2 Å². The highest BCUT2D eigenvalue weighted by Crippen LogP contribution is 2.05. The van der Waals surface area contributed by atoms with Gasteiger partial charge in [0, 0.05) is 6.54 Å².